The normalized spacial score (nSPS) is 10.5. The molecule has 0 aliphatic rings. The first-order valence-corrected chi connectivity index (χ1v) is 5.91. The van der Waals surface area contributed by atoms with Crippen molar-refractivity contribution in [2.24, 2.45) is 0 Å². The van der Waals surface area contributed by atoms with Crippen molar-refractivity contribution in [3.8, 4) is 5.75 Å². The SMILES string of the molecule is C(=CSc1ccccc1)Oc1ccccc1. The number of para-hydroxylation sites is 1. The van der Waals surface area contributed by atoms with Crippen molar-refractivity contribution in [2.75, 3.05) is 0 Å². The zero-order chi connectivity index (χ0) is 11.1. The molecular formula is C14H12OS. The van der Waals surface area contributed by atoms with Gasteiger partial charge in [-0.1, -0.05) is 48.2 Å². The molecule has 80 valence electrons. The van der Waals surface area contributed by atoms with Crippen LogP contribution in [0.4, 0.5) is 0 Å². The van der Waals surface area contributed by atoms with Gasteiger partial charge in [0.1, 0.15) is 5.75 Å². The van der Waals surface area contributed by atoms with E-state index in [1.54, 1.807) is 18.0 Å². The topological polar surface area (TPSA) is 9.23 Å². The molecule has 0 unspecified atom stereocenters. The van der Waals surface area contributed by atoms with Gasteiger partial charge in [-0.2, -0.15) is 0 Å². The number of benzene rings is 2. The lowest BCUT2D eigenvalue weighted by Crippen LogP contribution is -1.79. The van der Waals surface area contributed by atoms with E-state index in [1.165, 1.54) is 4.90 Å². The van der Waals surface area contributed by atoms with Gasteiger partial charge >= 0.3 is 0 Å². The van der Waals surface area contributed by atoms with Gasteiger partial charge in [0.2, 0.25) is 0 Å². The zero-order valence-corrected chi connectivity index (χ0v) is 9.56. The molecule has 16 heavy (non-hydrogen) atoms. The number of thioether (sulfide) groups is 1. The van der Waals surface area contributed by atoms with Gasteiger partial charge in [-0.25, -0.2) is 0 Å². The first-order valence-electron chi connectivity index (χ1n) is 5.03. The molecule has 2 aromatic carbocycles. The highest BCUT2D eigenvalue weighted by atomic mass is 32.2. The molecule has 0 aliphatic heterocycles. The van der Waals surface area contributed by atoms with E-state index in [9.17, 15) is 0 Å². The quantitative estimate of drug-likeness (QED) is 0.569. The lowest BCUT2D eigenvalue weighted by atomic mass is 10.3. The molecule has 0 atom stereocenters. The Morgan fingerprint density at radius 1 is 0.812 bits per heavy atom. The Labute approximate surface area is 99.8 Å². The van der Waals surface area contributed by atoms with Crippen LogP contribution in [0.5, 0.6) is 5.75 Å². The Morgan fingerprint density at radius 2 is 1.44 bits per heavy atom. The van der Waals surface area contributed by atoms with Gasteiger partial charge in [0.15, 0.2) is 0 Å². The molecule has 0 heterocycles. The van der Waals surface area contributed by atoms with Crippen molar-refractivity contribution < 1.29 is 4.74 Å². The molecule has 2 aromatic rings. The first-order chi connectivity index (χ1) is 7.95. The fourth-order valence-electron chi connectivity index (χ4n) is 1.21. The number of rotatable bonds is 4. The predicted octanol–water partition coefficient (Wildman–Crippen LogP) is 4.33. The van der Waals surface area contributed by atoms with Crippen LogP contribution in [0.3, 0.4) is 0 Å². The second-order valence-electron chi connectivity index (χ2n) is 3.13. The fourth-order valence-corrected chi connectivity index (χ4v) is 1.79. The average Bonchev–Trinajstić information content (AvgIpc) is 2.37. The number of hydrogen-bond acceptors (Lipinski definition) is 2. The molecule has 0 saturated carbocycles. The van der Waals surface area contributed by atoms with Crippen LogP contribution in [0.25, 0.3) is 0 Å². The van der Waals surface area contributed by atoms with Crippen LogP contribution in [0.1, 0.15) is 0 Å². The van der Waals surface area contributed by atoms with E-state index in [0.717, 1.165) is 5.75 Å². The van der Waals surface area contributed by atoms with E-state index in [0.29, 0.717) is 0 Å². The fraction of sp³-hybridized carbons (Fsp3) is 0. The van der Waals surface area contributed by atoms with Crippen molar-refractivity contribution in [3.63, 3.8) is 0 Å². The van der Waals surface area contributed by atoms with Gasteiger partial charge < -0.3 is 4.74 Å². The second kappa shape index (κ2) is 6.03. The van der Waals surface area contributed by atoms with Gasteiger partial charge in [-0.15, -0.1) is 0 Å². The number of ether oxygens (including phenoxy) is 1. The summed E-state index contributed by atoms with van der Waals surface area (Å²) in [6.07, 6.45) is 1.70. The Balaban J connectivity index is 1.83. The van der Waals surface area contributed by atoms with Gasteiger partial charge in [0.05, 0.1) is 6.26 Å². The maximum absolute atomic E-state index is 5.43. The molecule has 2 rings (SSSR count). The van der Waals surface area contributed by atoms with Crippen LogP contribution in [0.15, 0.2) is 77.2 Å². The summed E-state index contributed by atoms with van der Waals surface area (Å²) in [7, 11) is 0. The third-order valence-corrected chi connectivity index (χ3v) is 2.74. The van der Waals surface area contributed by atoms with Crippen molar-refractivity contribution in [2.45, 2.75) is 4.90 Å². The van der Waals surface area contributed by atoms with Crippen LogP contribution >= 0.6 is 11.8 Å². The first kappa shape index (κ1) is 10.8. The summed E-state index contributed by atoms with van der Waals surface area (Å²) >= 11 is 1.63. The Hall–Kier alpha value is -1.67. The molecular weight excluding hydrogens is 216 g/mol. The minimum absolute atomic E-state index is 0.854. The third kappa shape index (κ3) is 3.48. The van der Waals surface area contributed by atoms with Gasteiger partial charge in [0.25, 0.3) is 0 Å². The summed E-state index contributed by atoms with van der Waals surface area (Å²) in [5.74, 6) is 0.854. The molecule has 0 spiro atoms. The van der Waals surface area contributed by atoms with Crippen molar-refractivity contribution in [1.82, 2.24) is 0 Å². The molecule has 0 N–H and O–H groups in total. The van der Waals surface area contributed by atoms with E-state index in [2.05, 4.69) is 12.1 Å². The molecule has 0 bridgehead atoms. The molecule has 0 saturated heterocycles. The maximum atomic E-state index is 5.43. The Kier molecular flexibility index (Phi) is 4.08. The standard InChI is InChI=1S/C14H12OS/c1-3-7-13(8-4-1)15-11-12-16-14-9-5-2-6-10-14/h1-12H. The van der Waals surface area contributed by atoms with E-state index < -0.39 is 0 Å². The molecule has 0 radical (unpaired) electrons. The van der Waals surface area contributed by atoms with Crippen LogP contribution < -0.4 is 4.74 Å². The van der Waals surface area contributed by atoms with E-state index in [-0.39, 0.29) is 0 Å². The second-order valence-corrected chi connectivity index (χ2v) is 4.11. The van der Waals surface area contributed by atoms with Crippen LogP contribution in [-0.2, 0) is 0 Å². The highest BCUT2D eigenvalue weighted by Crippen LogP contribution is 2.18. The van der Waals surface area contributed by atoms with Gasteiger partial charge in [-0.05, 0) is 24.3 Å². The van der Waals surface area contributed by atoms with Crippen molar-refractivity contribution in [1.29, 1.82) is 0 Å². The maximum Gasteiger partial charge on any atom is 0.126 e. The van der Waals surface area contributed by atoms with E-state index >= 15 is 0 Å². The molecule has 0 amide bonds. The van der Waals surface area contributed by atoms with Gasteiger partial charge in [-0.3, -0.25) is 0 Å². The Morgan fingerprint density at radius 3 is 2.12 bits per heavy atom. The zero-order valence-electron chi connectivity index (χ0n) is 8.74. The summed E-state index contributed by atoms with van der Waals surface area (Å²) in [4.78, 5) is 1.20. The lowest BCUT2D eigenvalue weighted by Gasteiger charge is -1.98. The highest BCUT2D eigenvalue weighted by molar-refractivity contribution is 8.02. The summed E-state index contributed by atoms with van der Waals surface area (Å²) in [6, 6.07) is 19.9. The smallest absolute Gasteiger partial charge is 0.126 e. The summed E-state index contributed by atoms with van der Waals surface area (Å²) < 4.78 is 5.43. The van der Waals surface area contributed by atoms with Gasteiger partial charge in [0, 0.05) is 10.3 Å². The summed E-state index contributed by atoms with van der Waals surface area (Å²) in [6.45, 7) is 0. The monoisotopic (exact) mass is 228 g/mol. The van der Waals surface area contributed by atoms with E-state index in [1.807, 2.05) is 53.9 Å². The van der Waals surface area contributed by atoms with Crippen LogP contribution in [0.2, 0.25) is 0 Å². The Bertz CT molecular complexity index is 393. The molecule has 2 heteroatoms. The van der Waals surface area contributed by atoms with Crippen molar-refractivity contribution in [3.05, 3.63) is 72.3 Å². The summed E-state index contributed by atoms with van der Waals surface area (Å²) in [5.41, 5.74) is 0. The van der Waals surface area contributed by atoms with Crippen LogP contribution in [-0.4, -0.2) is 0 Å². The molecule has 0 aromatic heterocycles. The van der Waals surface area contributed by atoms with E-state index in [4.69, 9.17) is 4.74 Å². The largest absolute Gasteiger partial charge is 0.464 e. The minimum Gasteiger partial charge on any atom is -0.464 e. The summed E-state index contributed by atoms with van der Waals surface area (Å²) in [5, 5.41) is 1.93. The highest BCUT2D eigenvalue weighted by Gasteiger charge is 1.88. The predicted molar refractivity (Wildman–Crippen MR) is 68.5 cm³/mol. The average molecular weight is 228 g/mol. The lowest BCUT2D eigenvalue weighted by molar-refractivity contribution is 0.482. The van der Waals surface area contributed by atoms with Crippen LogP contribution in [0, 0.1) is 0 Å². The number of hydrogen-bond donors (Lipinski definition) is 0. The van der Waals surface area contributed by atoms with Crippen molar-refractivity contribution >= 4 is 11.8 Å². The third-order valence-electron chi connectivity index (χ3n) is 1.95. The minimum atomic E-state index is 0.854. The molecule has 0 fully saturated rings. The molecule has 1 nitrogen and oxygen atoms in total. The molecule has 0 aliphatic carbocycles.